The van der Waals surface area contributed by atoms with Crippen molar-refractivity contribution in [3.8, 4) is 11.5 Å². The third kappa shape index (κ3) is 3.38. The maximum absolute atomic E-state index is 12.9. The Bertz CT molecular complexity index is 974. The highest BCUT2D eigenvalue weighted by Gasteiger charge is 2.38. The molecule has 3 heterocycles. The number of aromatic nitrogens is 3. The molecule has 0 amide bonds. The molecule has 0 aliphatic carbocycles. The number of hydrogen-bond acceptors (Lipinski definition) is 6. The maximum Gasteiger partial charge on any atom is 0.245 e. The Kier molecular flexibility index (Phi) is 4.52. The Morgan fingerprint density at radius 1 is 1.12 bits per heavy atom. The molecule has 3 aromatic rings. The van der Waals surface area contributed by atoms with Gasteiger partial charge in [0.15, 0.2) is 0 Å². The molecule has 26 heavy (non-hydrogen) atoms. The number of nitrogens with zero attached hydrogens (tertiary/aromatic N) is 4. The van der Waals surface area contributed by atoms with Crippen molar-refractivity contribution in [1.29, 1.82) is 0 Å². The van der Waals surface area contributed by atoms with Crippen LogP contribution in [-0.4, -0.2) is 34.4 Å². The maximum atomic E-state index is 12.9. The Morgan fingerprint density at radius 3 is 2.69 bits per heavy atom. The molecule has 0 bridgehead atoms. The quantitative estimate of drug-likeness (QED) is 0.686. The van der Waals surface area contributed by atoms with E-state index in [4.69, 9.17) is 4.52 Å². The van der Waals surface area contributed by atoms with Gasteiger partial charge in [0, 0.05) is 12.7 Å². The highest BCUT2D eigenvalue weighted by Crippen LogP contribution is 2.35. The van der Waals surface area contributed by atoms with Gasteiger partial charge < -0.3 is 4.52 Å². The van der Waals surface area contributed by atoms with Crippen molar-refractivity contribution in [3.63, 3.8) is 0 Å². The fraction of sp³-hybridized carbons (Fsp3) is 0.278. The van der Waals surface area contributed by atoms with E-state index in [2.05, 4.69) is 15.1 Å². The summed E-state index contributed by atoms with van der Waals surface area (Å²) in [6.07, 6.45) is 3.08. The molecule has 0 spiro atoms. The van der Waals surface area contributed by atoms with Crippen LogP contribution in [0.4, 0.5) is 0 Å². The second kappa shape index (κ2) is 6.97. The first kappa shape index (κ1) is 16.9. The van der Waals surface area contributed by atoms with E-state index in [1.807, 2.05) is 36.4 Å². The smallest absolute Gasteiger partial charge is 0.245 e. The average molecular weight is 370 g/mol. The molecule has 1 aliphatic rings. The molecule has 8 heteroatoms. The van der Waals surface area contributed by atoms with Crippen LogP contribution >= 0.6 is 0 Å². The van der Waals surface area contributed by atoms with Crippen molar-refractivity contribution in [3.05, 3.63) is 66.2 Å². The summed E-state index contributed by atoms with van der Waals surface area (Å²) in [5.41, 5.74) is 1.36. The van der Waals surface area contributed by atoms with Gasteiger partial charge >= 0.3 is 0 Å². The molecule has 1 aromatic carbocycles. The second-order valence-corrected chi connectivity index (χ2v) is 8.10. The lowest BCUT2D eigenvalue weighted by molar-refractivity contribution is 0.290. The van der Waals surface area contributed by atoms with Crippen LogP contribution in [0.2, 0.25) is 0 Å². The molecule has 4 rings (SSSR count). The Labute approximate surface area is 151 Å². The molecule has 0 unspecified atom stereocenters. The number of hydrogen-bond donors (Lipinski definition) is 0. The van der Waals surface area contributed by atoms with Crippen LogP contribution in [0.15, 0.2) is 59.3 Å². The van der Waals surface area contributed by atoms with Crippen LogP contribution < -0.4 is 0 Å². The molecule has 1 fully saturated rings. The fourth-order valence-corrected chi connectivity index (χ4v) is 4.93. The van der Waals surface area contributed by atoms with Gasteiger partial charge in [0.05, 0.1) is 5.75 Å². The van der Waals surface area contributed by atoms with Gasteiger partial charge in [-0.05, 0) is 30.5 Å². The molecule has 134 valence electrons. The van der Waals surface area contributed by atoms with Gasteiger partial charge in [-0.25, -0.2) is 8.42 Å². The summed E-state index contributed by atoms with van der Waals surface area (Å²) < 4.78 is 32.6. The lowest BCUT2D eigenvalue weighted by Crippen LogP contribution is -2.31. The minimum absolute atomic E-state index is 0.0361. The van der Waals surface area contributed by atoms with Crippen molar-refractivity contribution in [2.45, 2.75) is 24.6 Å². The van der Waals surface area contributed by atoms with Crippen molar-refractivity contribution < 1.29 is 12.9 Å². The van der Waals surface area contributed by atoms with Crippen LogP contribution in [0.25, 0.3) is 11.5 Å². The van der Waals surface area contributed by atoms with Crippen LogP contribution in [0.3, 0.4) is 0 Å². The summed E-state index contributed by atoms with van der Waals surface area (Å²) >= 11 is 0. The van der Waals surface area contributed by atoms with Gasteiger partial charge in [-0.3, -0.25) is 4.98 Å². The van der Waals surface area contributed by atoms with Gasteiger partial charge in [-0.2, -0.15) is 9.29 Å². The van der Waals surface area contributed by atoms with Crippen LogP contribution in [-0.2, 0) is 15.8 Å². The van der Waals surface area contributed by atoms with Gasteiger partial charge in [0.25, 0.3) is 0 Å². The predicted molar refractivity (Wildman–Crippen MR) is 95.3 cm³/mol. The largest absolute Gasteiger partial charge is 0.337 e. The average Bonchev–Trinajstić information content (AvgIpc) is 3.32. The molecule has 7 nitrogen and oxygen atoms in total. The zero-order chi connectivity index (χ0) is 18.0. The summed E-state index contributed by atoms with van der Waals surface area (Å²) in [5.74, 6) is 0.652. The molecule has 0 radical (unpaired) electrons. The zero-order valence-corrected chi connectivity index (χ0v) is 14.8. The lowest BCUT2D eigenvalue weighted by atomic mass is 10.2. The number of sulfonamides is 1. The van der Waals surface area contributed by atoms with Crippen LogP contribution in [0, 0.1) is 0 Å². The monoisotopic (exact) mass is 370 g/mol. The third-order valence-electron chi connectivity index (χ3n) is 4.37. The topological polar surface area (TPSA) is 89.2 Å². The van der Waals surface area contributed by atoms with E-state index in [1.165, 1.54) is 4.31 Å². The lowest BCUT2D eigenvalue weighted by Gasteiger charge is -2.21. The highest BCUT2D eigenvalue weighted by atomic mass is 32.2. The minimum Gasteiger partial charge on any atom is -0.337 e. The van der Waals surface area contributed by atoms with Crippen LogP contribution in [0.5, 0.6) is 0 Å². The zero-order valence-electron chi connectivity index (χ0n) is 14.0. The Hall–Kier alpha value is -2.58. The number of benzene rings is 1. The highest BCUT2D eigenvalue weighted by molar-refractivity contribution is 7.88. The van der Waals surface area contributed by atoms with E-state index in [0.717, 1.165) is 12.0 Å². The van der Waals surface area contributed by atoms with E-state index in [0.29, 0.717) is 30.4 Å². The molecular formula is C18H18N4O3S. The number of pyridine rings is 1. The first-order valence-corrected chi connectivity index (χ1v) is 10.0. The molecule has 2 aromatic heterocycles. The fourth-order valence-electron chi connectivity index (χ4n) is 3.16. The SMILES string of the molecule is O=S(=O)(Cc1ccccc1)N1CCC[C@H]1c1nc(-c2ccccn2)no1. The minimum atomic E-state index is -3.48. The van der Waals surface area contributed by atoms with Gasteiger partial charge in [0.2, 0.25) is 21.7 Å². The molecule has 0 saturated carbocycles. The van der Waals surface area contributed by atoms with Crippen molar-refractivity contribution in [2.75, 3.05) is 6.54 Å². The summed E-state index contributed by atoms with van der Waals surface area (Å²) in [7, 11) is -3.48. The van der Waals surface area contributed by atoms with Crippen molar-refractivity contribution >= 4 is 10.0 Å². The Morgan fingerprint density at radius 2 is 1.92 bits per heavy atom. The van der Waals surface area contributed by atoms with E-state index in [9.17, 15) is 8.42 Å². The summed E-state index contributed by atoms with van der Waals surface area (Å²) in [6, 6.07) is 14.2. The first-order valence-electron chi connectivity index (χ1n) is 8.42. The molecule has 1 atom stereocenters. The van der Waals surface area contributed by atoms with E-state index in [1.54, 1.807) is 18.3 Å². The van der Waals surface area contributed by atoms with Gasteiger partial charge in [-0.1, -0.05) is 41.6 Å². The van der Waals surface area contributed by atoms with E-state index >= 15 is 0 Å². The summed E-state index contributed by atoms with van der Waals surface area (Å²) in [4.78, 5) is 8.58. The van der Waals surface area contributed by atoms with Crippen molar-refractivity contribution in [2.24, 2.45) is 0 Å². The normalized spacial score (nSPS) is 18.2. The summed E-state index contributed by atoms with van der Waals surface area (Å²) in [6.45, 7) is 0.459. The second-order valence-electron chi connectivity index (χ2n) is 6.18. The molecule has 1 aliphatic heterocycles. The third-order valence-corrected chi connectivity index (χ3v) is 6.22. The molecule has 1 saturated heterocycles. The van der Waals surface area contributed by atoms with E-state index in [-0.39, 0.29) is 5.75 Å². The predicted octanol–water partition coefficient (Wildman–Crippen LogP) is 2.80. The van der Waals surface area contributed by atoms with Gasteiger partial charge in [0.1, 0.15) is 11.7 Å². The van der Waals surface area contributed by atoms with E-state index < -0.39 is 16.1 Å². The molecular weight excluding hydrogens is 352 g/mol. The van der Waals surface area contributed by atoms with Crippen molar-refractivity contribution in [1.82, 2.24) is 19.4 Å². The summed E-state index contributed by atoms with van der Waals surface area (Å²) in [5, 5.41) is 3.96. The standard InChI is InChI=1S/C18H18N4O3S/c23-26(24,13-14-7-2-1-3-8-14)22-12-6-10-16(22)18-20-17(21-25-18)15-9-4-5-11-19-15/h1-5,7-9,11,16H,6,10,12-13H2/t16-/m0/s1. The number of rotatable bonds is 5. The van der Waals surface area contributed by atoms with Crippen LogP contribution in [0.1, 0.15) is 30.3 Å². The Balaban J connectivity index is 1.58. The van der Waals surface area contributed by atoms with Gasteiger partial charge in [-0.15, -0.1) is 0 Å². The first-order chi connectivity index (χ1) is 12.6. The molecule has 0 N–H and O–H groups in total.